The van der Waals surface area contributed by atoms with Crippen LogP contribution in [0.25, 0.3) is 5.69 Å². The highest BCUT2D eigenvalue weighted by Crippen LogP contribution is 2.18. The number of aromatic nitrogens is 2. The molecule has 0 fully saturated rings. The molecule has 2 aromatic carbocycles. The van der Waals surface area contributed by atoms with Crippen molar-refractivity contribution in [1.82, 2.24) is 15.1 Å². The van der Waals surface area contributed by atoms with Crippen molar-refractivity contribution in [2.24, 2.45) is 0 Å². The number of para-hydroxylation sites is 2. The molecule has 28 heavy (non-hydrogen) atoms. The van der Waals surface area contributed by atoms with E-state index >= 15 is 0 Å². The van der Waals surface area contributed by atoms with Crippen molar-refractivity contribution in [3.05, 3.63) is 87.8 Å². The lowest BCUT2D eigenvalue weighted by Crippen LogP contribution is -2.35. The van der Waals surface area contributed by atoms with E-state index in [0.29, 0.717) is 5.69 Å². The molecule has 0 bridgehead atoms. The first kappa shape index (κ1) is 19.0. The van der Waals surface area contributed by atoms with Crippen LogP contribution in [0, 0.1) is 13.8 Å². The zero-order valence-corrected chi connectivity index (χ0v) is 15.6. The van der Waals surface area contributed by atoms with Gasteiger partial charge in [-0.1, -0.05) is 36.4 Å². The van der Waals surface area contributed by atoms with Crippen molar-refractivity contribution in [2.75, 3.05) is 11.9 Å². The number of anilines is 1. The Balaban J connectivity index is 1.68. The molecule has 2 amide bonds. The third-order valence-corrected chi connectivity index (χ3v) is 4.19. The van der Waals surface area contributed by atoms with E-state index in [1.807, 2.05) is 38.1 Å². The van der Waals surface area contributed by atoms with Gasteiger partial charge in [0, 0.05) is 11.8 Å². The van der Waals surface area contributed by atoms with E-state index in [-0.39, 0.29) is 23.7 Å². The molecule has 1 heterocycles. The zero-order valence-electron chi connectivity index (χ0n) is 15.6. The number of benzene rings is 2. The standard InChI is InChI=1S/C21H20N4O3/c1-14-7-6-8-15(2)20(14)23-18(26)13-22-21(28)17-11-12-19(27)25(24-17)16-9-4-3-5-10-16/h3-12H,13H2,1-2H3,(H,22,28)(H,23,26). The van der Waals surface area contributed by atoms with Crippen LogP contribution in [0.2, 0.25) is 0 Å². The number of rotatable bonds is 5. The first-order valence-electron chi connectivity index (χ1n) is 8.76. The molecule has 0 spiro atoms. The number of aryl methyl sites for hydroxylation is 2. The summed E-state index contributed by atoms with van der Waals surface area (Å²) in [6.07, 6.45) is 0. The lowest BCUT2D eigenvalue weighted by atomic mass is 10.1. The fourth-order valence-electron chi connectivity index (χ4n) is 2.73. The third kappa shape index (κ3) is 4.32. The highest BCUT2D eigenvalue weighted by molar-refractivity contribution is 5.98. The largest absolute Gasteiger partial charge is 0.342 e. The summed E-state index contributed by atoms with van der Waals surface area (Å²) in [7, 11) is 0. The lowest BCUT2D eigenvalue weighted by molar-refractivity contribution is -0.115. The van der Waals surface area contributed by atoms with E-state index in [4.69, 9.17) is 0 Å². The summed E-state index contributed by atoms with van der Waals surface area (Å²) >= 11 is 0. The topological polar surface area (TPSA) is 93.1 Å². The molecular formula is C21H20N4O3. The fourth-order valence-corrected chi connectivity index (χ4v) is 2.73. The smallest absolute Gasteiger partial charge is 0.272 e. The van der Waals surface area contributed by atoms with Gasteiger partial charge in [0.05, 0.1) is 12.2 Å². The Kier molecular flexibility index (Phi) is 5.64. The van der Waals surface area contributed by atoms with E-state index in [1.165, 1.54) is 12.1 Å². The van der Waals surface area contributed by atoms with Crippen LogP contribution in [0.15, 0.2) is 65.5 Å². The Morgan fingerprint density at radius 3 is 2.29 bits per heavy atom. The molecule has 3 rings (SSSR count). The zero-order chi connectivity index (χ0) is 20.1. The van der Waals surface area contributed by atoms with Gasteiger partial charge in [0.25, 0.3) is 11.5 Å². The van der Waals surface area contributed by atoms with Crippen LogP contribution in [-0.2, 0) is 4.79 Å². The average molecular weight is 376 g/mol. The third-order valence-electron chi connectivity index (χ3n) is 4.19. The quantitative estimate of drug-likeness (QED) is 0.714. The first-order chi connectivity index (χ1) is 13.5. The van der Waals surface area contributed by atoms with E-state index in [2.05, 4.69) is 15.7 Å². The Morgan fingerprint density at radius 2 is 1.61 bits per heavy atom. The normalized spacial score (nSPS) is 10.4. The molecule has 0 radical (unpaired) electrons. The van der Waals surface area contributed by atoms with Crippen molar-refractivity contribution >= 4 is 17.5 Å². The maximum Gasteiger partial charge on any atom is 0.272 e. The molecule has 0 saturated heterocycles. The van der Waals surface area contributed by atoms with E-state index in [9.17, 15) is 14.4 Å². The number of amides is 2. The predicted molar refractivity (Wildman–Crippen MR) is 107 cm³/mol. The van der Waals surface area contributed by atoms with E-state index in [1.54, 1.807) is 24.3 Å². The first-order valence-corrected chi connectivity index (χ1v) is 8.76. The fraction of sp³-hybridized carbons (Fsp3) is 0.143. The van der Waals surface area contributed by atoms with Gasteiger partial charge in [-0.3, -0.25) is 14.4 Å². The minimum atomic E-state index is -0.540. The van der Waals surface area contributed by atoms with Gasteiger partial charge in [-0.2, -0.15) is 9.78 Å². The number of hydrogen-bond acceptors (Lipinski definition) is 4. The van der Waals surface area contributed by atoms with Gasteiger partial charge in [0.15, 0.2) is 0 Å². The average Bonchev–Trinajstić information content (AvgIpc) is 2.70. The Morgan fingerprint density at radius 1 is 0.929 bits per heavy atom. The van der Waals surface area contributed by atoms with E-state index in [0.717, 1.165) is 21.5 Å². The van der Waals surface area contributed by atoms with Gasteiger partial charge in [0.2, 0.25) is 5.91 Å². The maximum absolute atomic E-state index is 12.4. The molecular weight excluding hydrogens is 356 g/mol. The summed E-state index contributed by atoms with van der Waals surface area (Å²) in [6, 6.07) is 17.1. The van der Waals surface area contributed by atoms with Crippen molar-refractivity contribution in [2.45, 2.75) is 13.8 Å². The number of carbonyl (C=O) groups excluding carboxylic acids is 2. The second-order valence-corrected chi connectivity index (χ2v) is 6.30. The van der Waals surface area contributed by atoms with Crippen LogP contribution in [0.4, 0.5) is 5.69 Å². The molecule has 142 valence electrons. The molecule has 3 aromatic rings. The molecule has 0 aliphatic rings. The van der Waals surface area contributed by atoms with Crippen molar-refractivity contribution in [1.29, 1.82) is 0 Å². The predicted octanol–water partition coefficient (Wildman–Crippen LogP) is 2.22. The van der Waals surface area contributed by atoms with Crippen LogP contribution in [0.1, 0.15) is 21.6 Å². The van der Waals surface area contributed by atoms with Crippen molar-refractivity contribution in [3.63, 3.8) is 0 Å². The van der Waals surface area contributed by atoms with Crippen LogP contribution < -0.4 is 16.2 Å². The summed E-state index contributed by atoms with van der Waals surface area (Å²) in [5.74, 6) is -0.886. The van der Waals surface area contributed by atoms with E-state index < -0.39 is 5.91 Å². The number of hydrogen-bond donors (Lipinski definition) is 2. The summed E-state index contributed by atoms with van der Waals surface area (Å²) in [4.78, 5) is 36.6. The minimum absolute atomic E-state index is 0.0447. The molecule has 0 saturated carbocycles. The summed E-state index contributed by atoms with van der Waals surface area (Å²) in [5, 5.41) is 9.42. The highest BCUT2D eigenvalue weighted by atomic mass is 16.2. The van der Waals surface area contributed by atoms with Gasteiger partial charge >= 0.3 is 0 Å². The van der Waals surface area contributed by atoms with Gasteiger partial charge < -0.3 is 10.6 Å². The second kappa shape index (κ2) is 8.30. The second-order valence-electron chi connectivity index (χ2n) is 6.30. The Hall–Kier alpha value is -3.74. The summed E-state index contributed by atoms with van der Waals surface area (Å²) < 4.78 is 1.14. The molecule has 1 aromatic heterocycles. The maximum atomic E-state index is 12.4. The minimum Gasteiger partial charge on any atom is -0.342 e. The van der Waals surface area contributed by atoms with Gasteiger partial charge in [-0.15, -0.1) is 0 Å². The SMILES string of the molecule is Cc1cccc(C)c1NC(=O)CNC(=O)c1ccc(=O)n(-c2ccccc2)n1. The molecule has 0 atom stereocenters. The molecule has 7 heteroatoms. The number of nitrogens with one attached hydrogen (secondary N) is 2. The van der Waals surface area contributed by atoms with Gasteiger partial charge in [0.1, 0.15) is 5.69 Å². The van der Waals surface area contributed by atoms with Crippen LogP contribution in [0.5, 0.6) is 0 Å². The number of carbonyl (C=O) groups is 2. The molecule has 7 nitrogen and oxygen atoms in total. The summed E-state index contributed by atoms with van der Waals surface area (Å²) in [6.45, 7) is 3.59. The van der Waals surface area contributed by atoms with Crippen LogP contribution in [0.3, 0.4) is 0 Å². The lowest BCUT2D eigenvalue weighted by Gasteiger charge is -2.12. The van der Waals surface area contributed by atoms with Gasteiger partial charge in [-0.05, 0) is 43.2 Å². The van der Waals surface area contributed by atoms with Crippen LogP contribution >= 0.6 is 0 Å². The molecule has 0 aliphatic carbocycles. The number of nitrogens with zero attached hydrogens (tertiary/aromatic N) is 2. The van der Waals surface area contributed by atoms with Crippen LogP contribution in [-0.4, -0.2) is 28.1 Å². The molecule has 2 N–H and O–H groups in total. The highest BCUT2D eigenvalue weighted by Gasteiger charge is 2.13. The molecule has 0 aliphatic heterocycles. The Bertz CT molecular complexity index is 1050. The Labute approximate surface area is 162 Å². The monoisotopic (exact) mass is 376 g/mol. The van der Waals surface area contributed by atoms with Gasteiger partial charge in [-0.25, -0.2) is 0 Å². The van der Waals surface area contributed by atoms with Crippen molar-refractivity contribution < 1.29 is 9.59 Å². The van der Waals surface area contributed by atoms with Crippen molar-refractivity contribution in [3.8, 4) is 5.69 Å². The molecule has 0 unspecified atom stereocenters. The summed E-state index contributed by atoms with van der Waals surface area (Å²) in [5.41, 5.74) is 2.86.